The molecule has 3 heteroatoms. The molecule has 15 heavy (non-hydrogen) atoms. The lowest BCUT2D eigenvalue weighted by atomic mass is 10.1. The first-order chi connectivity index (χ1) is 7.06. The molecule has 0 radical (unpaired) electrons. The second-order valence-corrected chi connectivity index (χ2v) is 3.97. The lowest BCUT2D eigenvalue weighted by Crippen LogP contribution is -2.30. The predicted molar refractivity (Wildman–Crippen MR) is 62.0 cm³/mol. The van der Waals surface area contributed by atoms with Crippen molar-refractivity contribution in [2.75, 3.05) is 12.3 Å². The van der Waals surface area contributed by atoms with Crippen LogP contribution in [0, 0.1) is 5.82 Å². The van der Waals surface area contributed by atoms with E-state index in [-0.39, 0.29) is 11.5 Å². The van der Waals surface area contributed by atoms with Gasteiger partial charge in [-0.2, -0.15) is 0 Å². The first-order valence-electron chi connectivity index (χ1n) is 5.33. The third-order valence-corrected chi connectivity index (χ3v) is 2.65. The van der Waals surface area contributed by atoms with Crippen molar-refractivity contribution in [1.29, 1.82) is 0 Å². The molecule has 0 fully saturated rings. The average Bonchev–Trinajstić information content (AvgIpc) is 2.19. The van der Waals surface area contributed by atoms with Crippen LogP contribution in [0.15, 0.2) is 18.2 Å². The molecule has 0 amide bonds. The number of hydrogen-bond acceptors (Lipinski definition) is 2. The zero-order valence-corrected chi connectivity index (χ0v) is 9.63. The highest BCUT2D eigenvalue weighted by atomic mass is 19.1. The fraction of sp³-hybridized carbons (Fsp3) is 0.500. The number of rotatable bonds is 4. The summed E-state index contributed by atoms with van der Waals surface area (Å²) in [5.74, 6) is -0.327. The van der Waals surface area contributed by atoms with Crippen LogP contribution in [0.3, 0.4) is 0 Å². The van der Waals surface area contributed by atoms with Gasteiger partial charge in [-0.15, -0.1) is 0 Å². The Hall–Kier alpha value is -1.09. The summed E-state index contributed by atoms with van der Waals surface area (Å²) in [4.78, 5) is 2.24. The molecule has 0 bridgehead atoms. The Balaban J connectivity index is 2.84. The summed E-state index contributed by atoms with van der Waals surface area (Å²) < 4.78 is 13.2. The molecule has 0 aliphatic rings. The largest absolute Gasteiger partial charge is 0.396 e. The highest BCUT2D eigenvalue weighted by Gasteiger charge is 2.11. The topological polar surface area (TPSA) is 29.3 Å². The van der Waals surface area contributed by atoms with E-state index in [4.69, 9.17) is 5.73 Å². The van der Waals surface area contributed by atoms with E-state index in [1.807, 2.05) is 6.07 Å². The number of halogens is 1. The van der Waals surface area contributed by atoms with Crippen LogP contribution in [0.5, 0.6) is 0 Å². The van der Waals surface area contributed by atoms with E-state index >= 15 is 0 Å². The molecule has 1 aromatic rings. The third kappa shape index (κ3) is 2.93. The molecular formula is C12H19FN2. The van der Waals surface area contributed by atoms with Gasteiger partial charge in [0.2, 0.25) is 0 Å². The second-order valence-electron chi connectivity index (χ2n) is 3.97. The van der Waals surface area contributed by atoms with Crippen LogP contribution in [0.4, 0.5) is 10.1 Å². The molecule has 1 aromatic carbocycles. The summed E-state index contributed by atoms with van der Waals surface area (Å²) >= 11 is 0. The highest BCUT2D eigenvalue weighted by Crippen LogP contribution is 2.18. The quantitative estimate of drug-likeness (QED) is 0.774. The molecule has 0 aliphatic carbocycles. The van der Waals surface area contributed by atoms with Crippen molar-refractivity contribution < 1.29 is 4.39 Å². The minimum absolute atomic E-state index is 0.275. The number of nitrogens with zero attached hydrogens (tertiary/aromatic N) is 1. The van der Waals surface area contributed by atoms with Gasteiger partial charge >= 0.3 is 0 Å². The molecule has 2 N–H and O–H groups in total. The van der Waals surface area contributed by atoms with Crippen molar-refractivity contribution in [1.82, 2.24) is 4.90 Å². The second kappa shape index (κ2) is 5.12. The van der Waals surface area contributed by atoms with E-state index in [1.165, 1.54) is 6.07 Å². The van der Waals surface area contributed by atoms with Gasteiger partial charge in [-0.3, -0.25) is 4.90 Å². The number of anilines is 1. The maximum Gasteiger partial charge on any atom is 0.146 e. The van der Waals surface area contributed by atoms with Gasteiger partial charge in [-0.25, -0.2) is 4.39 Å². The molecule has 0 saturated carbocycles. The summed E-state index contributed by atoms with van der Waals surface area (Å²) in [6, 6.07) is 5.42. The molecule has 0 saturated heterocycles. The number of benzene rings is 1. The summed E-state index contributed by atoms with van der Waals surface area (Å²) in [7, 11) is 0. The molecule has 0 aromatic heterocycles. The Kier molecular flexibility index (Phi) is 4.09. The Labute approximate surface area is 90.9 Å². The number of nitrogens with two attached hydrogens (primary N) is 1. The van der Waals surface area contributed by atoms with Crippen LogP contribution < -0.4 is 5.73 Å². The Morgan fingerprint density at radius 2 is 2.07 bits per heavy atom. The van der Waals surface area contributed by atoms with Crippen LogP contribution in [0.1, 0.15) is 26.3 Å². The molecule has 84 valence electrons. The van der Waals surface area contributed by atoms with Crippen molar-refractivity contribution in [3.05, 3.63) is 29.6 Å². The lowest BCUT2D eigenvalue weighted by Gasteiger charge is -2.25. The number of para-hydroxylation sites is 1. The first kappa shape index (κ1) is 12.0. The summed E-state index contributed by atoms with van der Waals surface area (Å²) in [5.41, 5.74) is 6.82. The van der Waals surface area contributed by atoms with Gasteiger partial charge in [0.15, 0.2) is 0 Å². The summed E-state index contributed by atoms with van der Waals surface area (Å²) in [6.45, 7) is 7.98. The smallest absolute Gasteiger partial charge is 0.146 e. The molecule has 0 atom stereocenters. The first-order valence-corrected chi connectivity index (χ1v) is 5.33. The Morgan fingerprint density at radius 1 is 1.40 bits per heavy atom. The van der Waals surface area contributed by atoms with Crippen molar-refractivity contribution in [2.24, 2.45) is 0 Å². The molecule has 0 heterocycles. The number of hydrogen-bond donors (Lipinski definition) is 1. The molecule has 0 aliphatic heterocycles. The van der Waals surface area contributed by atoms with Gasteiger partial charge in [-0.05, 0) is 32.0 Å². The summed E-state index contributed by atoms with van der Waals surface area (Å²) in [6.07, 6.45) is 0. The van der Waals surface area contributed by atoms with Gasteiger partial charge in [0.1, 0.15) is 5.82 Å². The van der Waals surface area contributed by atoms with Crippen LogP contribution in [0.25, 0.3) is 0 Å². The molecule has 0 spiro atoms. The summed E-state index contributed by atoms with van der Waals surface area (Å²) in [5, 5.41) is 0. The third-order valence-electron chi connectivity index (χ3n) is 2.65. The van der Waals surface area contributed by atoms with E-state index in [2.05, 4.69) is 25.7 Å². The van der Waals surface area contributed by atoms with Crippen LogP contribution in [-0.4, -0.2) is 17.5 Å². The van der Waals surface area contributed by atoms with Gasteiger partial charge in [0.25, 0.3) is 0 Å². The van der Waals surface area contributed by atoms with Crippen molar-refractivity contribution in [3.63, 3.8) is 0 Å². The van der Waals surface area contributed by atoms with E-state index in [1.54, 1.807) is 6.07 Å². The van der Waals surface area contributed by atoms with E-state index in [9.17, 15) is 4.39 Å². The zero-order valence-electron chi connectivity index (χ0n) is 9.63. The minimum atomic E-state index is -0.327. The van der Waals surface area contributed by atoms with Crippen LogP contribution in [-0.2, 0) is 6.54 Å². The Morgan fingerprint density at radius 3 is 2.60 bits per heavy atom. The molecule has 0 unspecified atom stereocenters. The fourth-order valence-corrected chi connectivity index (χ4v) is 1.60. The molecule has 1 rings (SSSR count). The maximum absolute atomic E-state index is 13.2. The van der Waals surface area contributed by atoms with E-state index in [0.717, 1.165) is 12.1 Å². The average molecular weight is 210 g/mol. The Bertz CT molecular complexity index is 323. The van der Waals surface area contributed by atoms with Gasteiger partial charge in [0, 0.05) is 12.6 Å². The lowest BCUT2D eigenvalue weighted by molar-refractivity contribution is 0.225. The van der Waals surface area contributed by atoms with Crippen molar-refractivity contribution in [2.45, 2.75) is 33.4 Å². The molecule has 2 nitrogen and oxygen atoms in total. The standard InChI is InChI=1S/C12H19FN2/c1-4-15(9(2)3)8-10-6-5-7-11(13)12(10)14/h5-7,9H,4,8,14H2,1-3H3. The zero-order chi connectivity index (χ0) is 11.4. The van der Waals surface area contributed by atoms with E-state index in [0.29, 0.717) is 12.6 Å². The van der Waals surface area contributed by atoms with Gasteiger partial charge < -0.3 is 5.73 Å². The monoisotopic (exact) mass is 210 g/mol. The van der Waals surface area contributed by atoms with Crippen LogP contribution in [0.2, 0.25) is 0 Å². The van der Waals surface area contributed by atoms with Crippen molar-refractivity contribution in [3.8, 4) is 0 Å². The molecular weight excluding hydrogens is 191 g/mol. The maximum atomic E-state index is 13.2. The van der Waals surface area contributed by atoms with Gasteiger partial charge in [0.05, 0.1) is 5.69 Å². The van der Waals surface area contributed by atoms with Crippen molar-refractivity contribution >= 4 is 5.69 Å². The van der Waals surface area contributed by atoms with Gasteiger partial charge in [-0.1, -0.05) is 19.1 Å². The van der Waals surface area contributed by atoms with Crippen LogP contribution >= 0.6 is 0 Å². The SMILES string of the molecule is CCN(Cc1cccc(F)c1N)C(C)C. The van der Waals surface area contributed by atoms with E-state index < -0.39 is 0 Å². The predicted octanol–water partition coefficient (Wildman–Crippen LogP) is 2.64. The fourth-order valence-electron chi connectivity index (χ4n) is 1.60. The number of nitrogen functional groups attached to an aromatic ring is 1. The minimum Gasteiger partial charge on any atom is -0.396 e. The highest BCUT2D eigenvalue weighted by molar-refractivity contribution is 5.47. The normalized spacial score (nSPS) is 11.3.